The molecule has 0 amide bonds. The molecule has 1 aromatic rings. The molecule has 0 aliphatic carbocycles. The normalized spacial score (nSPS) is 9.46. The largest absolute Gasteiger partial charge is 0.432 e. The molecule has 13 heavy (non-hydrogen) atoms. The van der Waals surface area contributed by atoms with Crippen molar-refractivity contribution in [2.24, 2.45) is 0 Å². The van der Waals surface area contributed by atoms with E-state index in [-0.39, 0.29) is 0 Å². The number of aryl methyl sites for hydroxylation is 2. The summed E-state index contributed by atoms with van der Waals surface area (Å²) in [4.78, 5) is 0. The molecule has 0 saturated heterocycles. The lowest BCUT2D eigenvalue weighted by atomic mass is 10.1. The maximum Gasteiger partial charge on any atom is 0.261 e. The van der Waals surface area contributed by atoms with Crippen LogP contribution >= 0.6 is 12.2 Å². The van der Waals surface area contributed by atoms with Gasteiger partial charge in [-0.15, -0.1) is 0 Å². The Kier molecular flexibility index (Phi) is 3.25. The van der Waals surface area contributed by atoms with E-state index in [1.54, 1.807) is 7.05 Å². The molecule has 2 nitrogen and oxygen atoms in total. The van der Waals surface area contributed by atoms with Crippen molar-refractivity contribution in [3.63, 3.8) is 0 Å². The fraction of sp³-hybridized carbons (Fsp3) is 0.300. The Balaban J connectivity index is 2.83. The summed E-state index contributed by atoms with van der Waals surface area (Å²) in [6.07, 6.45) is 0. The number of hydrogen-bond donors (Lipinski definition) is 1. The average molecular weight is 195 g/mol. The molecule has 3 heteroatoms. The van der Waals surface area contributed by atoms with Gasteiger partial charge < -0.3 is 10.1 Å². The highest BCUT2D eigenvalue weighted by atomic mass is 32.1. The van der Waals surface area contributed by atoms with Gasteiger partial charge in [0.05, 0.1) is 0 Å². The first kappa shape index (κ1) is 9.99. The van der Waals surface area contributed by atoms with E-state index < -0.39 is 0 Å². The lowest BCUT2D eigenvalue weighted by Crippen LogP contribution is -2.21. The molecule has 0 atom stereocenters. The lowest BCUT2D eigenvalue weighted by Gasteiger charge is -2.07. The monoisotopic (exact) mass is 195 g/mol. The first-order valence-electron chi connectivity index (χ1n) is 4.09. The molecule has 1 aromatic carbocycles. The van der Waals surface area contributed by atoms with E-state index in [0.29, 0.717) is 5.17 Å². The van der Waals surface area contributed by atoms with Gasteiger partial charge in [0.2, 0.25) is 0 Å². The van der Waals surface area contributed by atoms with Crippen molar-refractivity contribution in [3.8, 4) is 5.75 Å². The molecule has 0 fully saturated rings. The van der Waals surface area contributed by atoms with Crippen LogP contribution < -0.4 is 10.1 Å². The maximum absolute atomic E-state index is 5.35. The van der Waals surface area contributed by atoms with Gasteiger partial charge in [-0.25, -0.2) is 0 Å². The Morgan fingerprint density at radius 3 is 2.23 bits per heavy atom. The summed E-state index contributed by atoms with van der Waals surface area (Å²) < 4.78 is 5.35. The van der Waals surface area contributed by atoms with Crippen LogP contribution in [0.5, 0.6) is 5.75 Å². The summed E-state index contributed by atoms with van der Waals surface area (Å²) in [5.74, 6) is 0.789. The number of benzene rings is 1. The van der Waals surface area contributed by atoms with Crippen LogP contribution in [0.15, 0.2) is 18.2 Å². The number of nitrogens with one attached hydrogen (secondary N) is 1. The Labute approximate surface area is 83.9 Å². The second-order valence-electron chi connectivity index (χ2n) is 2.96. The lowest BCUT2D eigenvalue weighted by molar-refractivity contribution is 0.540. The molecular weight excluding hydrogens is 182 g/mol. The molecular formula is C10H13NOS. The van der Waals surface area contributed by atoms with Crippen LogP contribution in [-0.4, -0.2) is 12.2 Å². The zero-order chi connectivity index (χ0) is 9.84. The molecule has 1 rings (SSSR count). The van der Waals surface area contributed by atoms with Crippen molar-refractivity contribution in [3.05, 3.63) is 29.3 Å². The molecule has 0 bridgehead atoms. The van der Waals surface area contributed by atoms with Gasteiger partial charge in [0, 0.05) is 7.05 Å². The van der Waals surface area contributed by atoms with Gasteiger partial charge in [-0.05, 0) is 49.3 Å². The van der Waals surface area contributed by atoms with Gasteiger partial charge in [-0.2, -0.15) is 0 Å². The van der Waals surface area contributed by atoms with Crippen LogP contribution in [0, 0.1) is 13.8 Å². The molecule has 0 unspecified atom stereocenters. The molecule has 0 aliphatic rings. The minimum atomic E-state index is 0.394. The smallest absolute Gasteiger partial charge is 0.261 e. The van der Waals surface area contributed by atoms with E-state index >= 15 is 0 Å². The van der Waals surface area contributed by atoms with Crippen LogP contribution in [0.2, 0.25) is 0 Å². The molecule has 0 heterocycles. The minimum absolute atomic E-state index is 0.394. The third kappa shape index (κ3) is 3.03. The third-order valence-corrected chi connectivity index (χ3v) is 1.90. The van der Waals surface area contributed by atoms with Crippen molar-refractivity contribution in [1.29, 1.82) is 0 Å². The van der Waals surface area contributed by atoms with Crippen molar-refractivity contribution in [1.82, 2.24) is 5.32 Å². The van der Waals surface area contributed by atoms with Crippen LogP contribution in [0.25, 0.3) is 0 Å². The molecule has 1 N–H and O–H groups in total. The van der Waals surface area contributed by atoms with Gasteiger partial charge in [-0.3, -0.25) is 0 Å². The fourth-order valence-electron chi connectivity index (χ4n) is 1.15. The predicted molar refractivity (Wildman–Crippen MR) is 58.2 cm³/mol. The van der Waals surface area contributed by atoms with E-state index in [1.807, 2.05) is 26.0 Å². The van der Waals surface area contributed by atoms with Gasteiger partial charge in [0.25, 0.3) is 5.17 Å². The molecule has 0 aromatic heterocycles. The minimum Gasteiger partial charge on any atom is -0.432 e. The maximum atomic E-state index is 5.35. The zero-order valence-corrected chi connectivity index (χ0v) is 8.87. The third-order valence-electron chi connectivity index (χ3n) is 1.61. The van der Waals surface area contributed by atoms with Gasteiger partial charge in [-0.1, -0.05) is 6.07 Å². The highest BCUT2D eigenvalue weighted by Gasteiger charge is 1.98. The van der Waals surface area contributed by atoms with E-state index in [2.05, 4.69) is 11.4 Å². The molecule has 0 spiro atoms. The van der Waals surface area contributed by atoms with Crippen molar-refractivity contribution in [2.75, 3.05) is 7.05 Å². The predicted octanol–water partition coefficient (Wildman–Crippen LogP) is 2.19. The van der Waals surface area contributed by atoms with E-state index in [9.17, 15) is 0 Å². The Bertz CT molecular complexity index is 302. The van der Waals surface area contributed by atoms with Crippen LogP contribution in [0.1, 0.15) is 11.1 Å². The summed E-state index contributed by atoms with van der Waals surface area (Å²) in [5.41, 5.74) is 2.35. The van der Waals surface area contributed by atoms with Crippen LogP contribution in [0.4, 0.5) is 0 Å². The van der Waals surface area contributed by atoms with Crippen LogP contribution in [0.3, 0.4) is 0 Å². The quantitative estimate of drug-likeness (QED) is 0.694. The number of hydrogen-bond acceptors (Lipinski definition) is 2. The van der Waals surface area contributed by atoms with E-state index in [0.717, 1.165) is 5.75 Å². The average Bonchev–Trinajstić information content (AvgIpc) is 2.02. The summed E-state index contributed by atoms with van der Waals surface area (Å²) in [6.45, 7) is 4.06. The number of ether oxygens (including phenoxy) is 1. The summed E-state index contributed by atoms with van der Waals surface area (Å²) in [6, 6.07) is 6.00. The highest BCUT2D eigenvalue weighted by molar-refractivity contribution is 7.80. The molecule has 0 saturated carbocycles. The second-order valence-corrected chi connectivity index (χ2v) is 3.33. The van der Waals surface area contributed by atoms with Crippen molar-refractivity contribution < 1.29 is 4.74 Å². The standard InChI is InChI=1S/C10H13NOS/c1-7-4-8(2)6-9(5-7)12-10(13)11-3/h4-6H,1-3H3,(H,11,13). The molecule has 70 valence electrons. The van der Waals surface area contributed by atoms with Gasteiger partial charge in [0.15, 0.2) is 0 Å². The summed E-state index contributed by atoms with van der Waals surface area (Å²) in [5, 5.41) is 3.16. The van der Waals surface area contributed by atoms with Crippen molar-refractivity contribution in [2.45, 2.75) is 13.8 Å². The molecule has 0 aliphatic heterocycles. The fourth-order valence-corrected chi connectivity index (χ4v) is 1.25. The second kappa shape index (κ2) is 4.23. The summed E-state index contributed by atoms with van der Waals surface area (Å²) in [7, 11) is 1.74. The van der Waals surface area contributed by atoms with E-state index in [1.165, 1.54) is 11.1 Å². The Morgan fingerprint density at radius 1 is 1.23 bits per heavy atom. The summed E-state index contributed by atoms with van der Waals surface area (Å²) >= 11 is 4.89. The van der Waals surface area contributed by atoms with Crippen LogP contribution in [-0.2, 0) is 0 Å². The Morgan fingerprint density at radius 2 is 1.77 bits per heavy atom. The zero-order valence-electron chi connectivity index (χ0n) is 8.05. The van der Waals surface area contributed by atoms with Crippen molar-refractivity contribution >= 4 is 17.4 Å². The molecule has 0 radical (unpaired) electrons. The van der Waals surface area contributed by atoms with E-state index in [4.69, 9.17) is 17.0 Å². The SMILES string of the molecule is CNC(=S)Oc1cc(C)cc(C)c1. The first-order chi connectivity index (χ1) is 6.11. The topological polar surface area (TPSA) is 21.3 Å². The number of thiocarbonyl (C=S) groups is 1. The first-order valence-corrected chi connectivity index (χ1v) is 4.50. The highest BCUT2D eigenvalue weighted by Crippen LogP contribution is 2.16. The van der Waals surface area contributed by atoms with Gasteiger partial charge in [0.1, 0.15) is 5.75 Å². The Hall–Kier alpha value is -1.09. The van der Waals surface area contributed by atoms with Gasteiger partial charge >= 0.3 is 0 Å². The number of rotatable bonds is 1.